The molecule has 1 atom stereocenters. The highest BCUT2D eigenvalue weighted by molar-refractivity contribution is 5.38. The lowest BCUT2D eigenvalue weighted by Crippen LogP contribution is -2.08. The van der Waals surface area contributed by atoms with Gasteiger partial charge in [0.05, 0.1) is 12.7 Å². The Morgan fingerprint density at radius 2 is 2.16 bits per heavy atom. The first-order valence-corrected chi connectivity index (χ1v) is 6.46. The summed E-state index contributed by atoms with van der Waals surface area (Å²) in [5.41, 5.74) is 3.08. The fourth-order valence-corrected chi connectivity index (χ4v) is 2.02. The Hall–Kier alpha value is -1.81. The topological polar surface area (TPSA) is 47.3 Å². The van der Waals surface area contributed by atoms with Gasteiger partial charge < -0.3 is 9.84 Å². The van der Waals surface area contributed by atoms with E-state index < -0.39 is 6.10 Å². The van der Waals surface area contributed by atoms with Crippen LogP contribution in [0.15, 0.2) is 30.5 Å². The molecule has 0 spiro atoms. The average molecular weight is 260 g/mol. The van der Waals surface area contributed by atoms with Crippen LogP contribution in [0, 0.1) is 6.92 Å². The molecule has 0 fully saturated rings. The molecule has 0 radical (unpaired) electrons. The summed E-state index contributed by atoms with van der Waals surface area (Å²) in [4.78, 5) is 0. The van der Waals surface area contributed by atoms with Gasteiger partial charge in [-0.3, -0.25) is 4.68 Å². The molecule has 0 bridgehead atoms. The number of hydrogen-bond acceptors (Lipinski definition) is 3. The van der Waals surface area contributed by atoms with Crippen molar-refractivity contribution in [3.8, 4) is 5.75 Å². The first-order chi connectivity index (χ1) is 9.08. The number of ether oxygens (including phenoxy) is 1. The highest BCUT2D eigenvalue weighted by Crippen LogP contribution is 2.26. The van der Waals surface area contributed by atoms with Crippen LogP contribution in [0.3, 0.4) is 0 Å². The zero-order valence-electron chi connectivity index (χ0n) is 11.6. The average Bonchev–Trinajstić information content (AvgIpc) is 2.75. The lowest BCUT2D eigenvalue weighted by molar-refractivity contribution is 0.191. The predicted octanol–water partition coefficient (Wildman–Crippen LogP) is 2.40. The Morgan fingerprint density at radius 1 is 1.37 bits per heavy atom. The van der Waals surface area contributed by atoms with E-state index in [0.717, 1.165) is 29.0 Å². The predicted molar refractivity (Wildman–Crippen MR) is 74.2 cm³/mol. The molecule has 2 rings (SSSR count). The lowest BCUT2D eigenvalue weighted by Gasteiger charge is -2.14. The third-order valence-corrected chi connectivity index (χ3v) is 3.16. The Bertz CT molecular complexity index is 547. The van der Waals surface area contributed by atoms with Crippen LogP contribution in [0.4, 0.5) is 0 Å². The number of benzene rings is 1. The van der Waals surface area contributed by atoms with Gasteiger partial charge in [0.2, 0.25) is 0 Å². The Balaban J connectivity index is 2.03. The van der Waals surface area contributed by atoms with Crippen molar-refractivity contribution in [3.63, 3.8) is 0 Å². The number of hydrogen-bond donors (Lipinski definition) is 1. The molecule has 4 nitrogen and oxygen atoms in total. The van der Waals surface area contributed by atoms with E-state index in [4.69, 9.17) is 4.74 Å². The minimum absolute atomic E-state index is 0.521. The molecule has 0 aliphatic rings. The molecular formula is C15H20N2O2. The Kier molecular flexibility index (Phi) is 4.22. The van der Waals surface area contributed by atoms with Gasteiger partial charge in [0.15, 0.2) is 0 Å². The summed E-state index contributed by atoms with van der Waals surface area (Å²) in [6, 6.07) is 7.84. The molecule has 1 aromatic heterocycles. The molecular weight excluding hydrogens is 240 g/mol. The Labute approximate surface area is 113 Å². The van der Waals surface area contributed by atoms with E-state index >= 15 is 0 Å². The van der Waals surface area contributed by atoms with Crippen LogP contribution < -0.4 is 4.74 Å². The third kappa shape index (κ3) is 3.35. The van der Waals surface area contributed by atoms with E-state index in [9.17, 15) is 5.11 Å². The standard InChI is InChI=1S/C15H20N2O2/c1-11-4-5-14(12(2)18)15(10-11)19-9-7-13-6-8-16-17(13)3/h4-6,8,10,12,18H,7,9H2,1-3H3. The minimum Gasteiger partial charge on any atom is -0.493 e. The molecule has 1 N–H and O–H groups in total. The van der Waals surface area contributed by atoms with Gasteiger partial charge in [-0.1, -0.05) is 12.1 Å². The molecule has 0 aliphatic heterocycles. The number of aryl methyl sites for hydroxylation is 2. The van der Waals surface area contributed by atoms with Crippen molar-refractivity contribution < 1.29 is 9.84 Å². The number of nitrogens with zero attached hydrogens (tertiary/aromatic N) is 2. The van der Waals surface area contributed by atoms with E-state index in [-0.39, 0.29) is 0 Å². The van der Waals surface area contributed by atoms with E-state index in [0.29, 0.717) is 6.61 Å². The van der Waals surface area contributed by atoms with Crippen molar-refractivity contribution >= 4 is 0 Å². The van der Waals surface area contributed by atoms with Gasteiger partial charge in [-0.15, -0.1) is 0 Å². The zero-order chi connectivity index (χ0) is 13.8. The highest BCUT2D eigenvalue weighted by atomic mass is 16.5. The van der Waals surface area contributed by atoms with E-state index in [1.54, 1.807) is 13.1 Å². The van der Waals surface area contributed by atoms with Gasteiger partial charge in [0.25, 0.3) is 0 Å². The highest BCUT2D eigenvalue weighted by Gasteiger charge is 2.09. The normalized spacial score (nSPS) is 12.4. The molecule has 0 saturated heterocycles. The maximum atomic E-state index is 9.73. The van der Waals surface area contributed by atoms with Gasteiger partial charge in [-0.25, -0.2) is 0 Å². The van der Waals surface area contributed by atoms with Crippen LogP contribution in [0.1, 0.15) is 29.8 Å². The number of aliphatic hydroxyl groups excluding tert-OH is 1. The van der Waals surface area contributed by atoms with E-state index in [1.165, 1.54) is 0 Å². The minimum atomic E-state index is -0.521. The SMILES string of the molecule is Cc1ccc(C(C)O)c(OCCc2ccnn2C)c1. The fourth-order valence-electron chi connectivity index (χ4n) is 2.02. The summed E-state index contributed by atoms with van der Waals surface area (Å²) in [5, 5.41) is 13.9. The van der Waals surface area contributed by atoms with Gasteiger partial charge in [0, 0.05) is 30.9 Å². The summed E-state index contributed by atoms with van der Waals surface area (Å²) in [5.74, 6) is 0.761. The van der Waals surface area contributed by atoms with Crippen molar-refractivity contribution in [3.05, 3.63) is 47.3 Å². The summed E-state index contributed by atoms with van der Waals surface area (Å²) in [6.45, 7) is 4.33. The smallest absolute Gasteiger partial charge is 0.125 e. The first kappa shape index (κ1) is 13.6. The molecule has 1 unspecified atom stereocenters. The van der Waals surface area contributed by atoms with Crippen LogP contribution >= 0.6 is 0 Å². The van der Waals surface area contributed by atoms with Crippen molar-refractivity contribution in [1.82, 2.24) is 9.78 Å². The monoisotopic (exact) mass is 260 g/mol. The molecule has 0 aliphatic carbocycles. The second kappa shape index (κ2) is 5.89. The fraction of sp³-hybridized carbons (Fsp3) is 0.400. The second-order valence-electron chi connectivity index (χ2n) is 4.76. The quantitative estimate of drug-likeness (QED) is 0.898. The van der Waals surface area contributed by atoms with Crippen molar-refractivity contribution in [2.45, 2.75) is 26.4 Å². The summed E-state index contributed by atoms with van der Waals surface area (Å²) >= 11 is 0. The van der Waals surface area contributed by atoms with Crippen LogP contribution in [-0.2, 0) is 13.5 Å². The molecule has 0 saturated carbocycles. The maximum absolute atomic E-state index is 9.73. The molecule has 4 heteroatoms. The zero-order valence-corrected chi connectivity index (χ0v) is 11.6. The number of rotatable bonds is 5. The van der Waals surface area contributed by atoms with E-state index in [2.05, 4.69) is 5.10 Å². The largest absolute Gasteiger partial charge is 0.493 e. The first-order valence-electron chi connectivity index (χ1n) is 6.46. The molecule has 2 aromatic rings. The van der Waals surface area contributed by atoms with Gasteiger partial charge in [-0.05, 0) is 31.5 Å². The van der Waals surface area contributed by atoms with E-state index in [1.807, 2.05) is 42.9 Å². The second-order valence-corrected chi connectivity index (χ2v) is 4.76. The van der Waals surface area contributed by atoms with Gasteiger partial charge in [-0.2, -0.15) is 5.10 Å². The van der Waals surface area contributed by atoms with Crippen LogP contribution in [0.5, 0.6) is 5.75 Å². The Morgan fingerprint density at radius 3 is 2.79 bits per heavy atom. The number of aromatic nitrogens is 2. The lowest BCUT2D eigenvalue weighted by atomic mass is 10.1. The van der Waals surface area contributed by atoms with Crippen molar-refractivity contribution in [2.75, 3.05) is 6.61 Å². The van der Waals surface area contributed by atoms with Crippen molar-refractivity contribution in [1.29, 1.82) is 0 Å². The van der Waals surface area contributed by atoms with Crippen LogP contribution in [0.2, 0.25) is 0 Å². The maximum Gasteiger partial charge on any atom is 0.125 e. The van der Waals surface area contributed by atoms with Gasteiger partial charge >= 0.3 is 0 Å². The summed E-state index contributed by atoms with van der Waals surface area (Å²) in [7, 11) is 1.92. The number of aliphatic hydroxyl groups is 1. The van der Waals surface area contributed by atoms with Crippen LogP contribution in [-0.4, -0.2) is 21.5 Å². The van der Waals surface area contributed by atoms with Gasteiger partial charge in [0.1, 0.15) is 5.75 Å². The molecule has 102 valence electrons. The van der Waals surface area contributed by atoms with Crippen LogP contribution in [0.25, 0.3) is 0 Å². The molecule has 1 aromatic carbocycles. The summed E-state index contributed by atoms with van der Waals surface area (Å²) in [6.07, 6.45) is 2.06. The molecule has 19 heavy (non-hydrogen) atoms. The molecule has 1 heterocycles. The summed E-state index contributed by atoms with van der Waals surface area (Å²) < 4.78 is 7.65. The third-order valence-electron chi connectivity index (χ3n) is 3.16. The molecule has 0 amide bonds. The van der Waals surface area contributed by atoms with Crippen molar-refractivity contribution in [2.24, 2.45) is 7.05 Å².